The minimum absolute atomic E-state index is 0.0102. The zero-order valence-electron chi connectivity index (χ0n) is 15.5. The molecule has 4 rings (SSSR count). The molecule has 2 aliphatic rings. The van der Waals surface area contributed by atoms with Crippen LogP contribution in [0.5, 0.6) is 0 Å². The number of hydrogen-bond acceptors (Lipinski definition) is 2. The molecule has 0 aromatic heterocycles. The van der Waals surface area contributed by atoms with Gasteiger partial charge < -0.3 is 0 Å². The van der Waals surface area contributed by atoms with Crippen molar-refractivity contribution >= 4 is 23.5 Å². The van der Waals surface area contributed by atoms with E-state index in [2.05, 4.69) is 57.9 Å². The third-order valence-electron chi connectivity index (χ3n) is 6.02. The number of fused-ring (bicyclic) bond motifs is 2. The summed E-state index contributed by atoms with van der Waals surface area (Å²) in [7, 11) is 0. The molecule has 1 unspecified atom stereocenters. The maximum absolute atomic E-state index is 12.9. The fraction of sp³-hybridized carbons (Fsp3) is 0.381. The van der Waals surface area contributed by atoms with E-state index in [1.54, 1.807) is 0 Å². The number of hydrogen-bond donors (Lipinski definition) is 1. The molecular weight excluding hydrogens is 329 g/mol. The van der Waals surface area contributed by atoms with Gasteiger partial charge in [0.25, 0.3) is 0 Å². The Labute approximate surface area is 149 Å². The summed E-state index contributed by atoms with van der Waals surface area (Å²) in [6.07, 6.45) is 0.0596. The quantitative estimate of drug-likeness (QED) is 0.786. The van der Waals surface area contributed by atoms with Crippen LogP contribution in [0, 0.1) is 5.41 Å². The van der Waals surface area contributed by atoms with E-state index in [4.69, 9.17) is 4.52 Å². The minimum atomic E-state index is -3.30. The van der Waals surface area contributed by atoms with Gasteiger partial charge in [0.1, 0.15) is 0 Å². The Bertz CT molecular complexity index is 871. The van der Waals surface area contributed by atoms with Gasteiger partial charge in [0, 0.05) is 0 Å². The number of amides is 1. The van der Waals surface area contributed by atoms with E-state index in [9.17, 15) is 4.79 Å². The molecular formula is C21H26NO2P. The van der Waals surface area contributed by atoms with Crippen molar-refractivity contribution in [2.45, 2.75) is 45.9 Å². The normalized spacial score (nSPS) is 26.8. The van der Waals surface area contributed by atoms with Crippen molar-refractivity contribution in [3.8, 4) is 0 Å². The number of nitrogens with one attached hydrogen (secondary N) is 1. The zero-order valence-corrected chi connectivity index (χ0v) is 16.4. The molecule has 2 aromatic carbocycles. The molecule has 2 heterocycles. The second kappa shape index (κ2) is 4.72. The van der Waals surface area contributed by atoms with Crippen molar-refractivity contribution in [2.75, 3.05) is 0 Å². The van der Waals surface area contributed by atoms with Crippen LogP contribution >= 0.6 is 6.98 Å². The molecule has 132 valence electrons. The summed E-state index contributed by atoms with van der Waals surface area (Å²) in [4.78, 5) is 12.9. The molecule has 1 atom stereocenters. The number of carbonyl (C=O) groups excluding carboxylic acids is 1. The molecule has 3 nitrogen and oxygen atoms in total. The van der Waals surface area contributed by atoms with Crippen LogP contribution in [-0.2, 0) is 4.52 Å². The van der Waals surface area contributed by atoms with Crippen LogP contribution < -0.4 is 15.7 Å². The summed E-state index contributed by atoms with van der Waals surface area (Å²) in [5.74, 6) is -0.0162. The maximum atomic E-state index is 12.9. The van der Waals surface area contributed by atoms with E-state index >= 15 is 0 Å². The Kier molecular flexibility index (Phi) is 3.16. The average molecular weight is 355 g/mol. The van der Waals surface area contributed by atoms with E-state index in [0.717, 1.165) is 16.2 Å². The van der Waals surface area contributed by atoms with Gasteiger partial charge >= 0.3 is 149 Å². The molecule has 0 radical (unpaired) electrons. The van der Waals surface area contributed by atoms with Gasteiger partial charge in [-0.2, -0.15) is 0 Å². The molecule has 1 amide bonds. The molecule has 1 spiro atoms. The van der Waals surface area contributed by atoms with Crippen molar-refractivity contribution in [3.63, 3.8) is 0 Å². The molecule has 4 heteroatoms. The Morgan fingerprint density at radius 1 is 1.00 bits per heavy atom. The summed E-state index contributed by atoms with van der Waals surface area (Å²) in [5, 5.41) is 5.38. The van der Waals surface area contributed by atoms with Crippen molar-refractivity contribution in [2.24, 2.45) is 5.41 Å². The molecule has 0 saturated carbocycles. The Hall–Kier alpha value is -1.70. The first-order valence-corrected chi connectivity index (χ1v) is 11.0. The van der Waals surface area contributed by atoms with E-state index in [-0.39, 0.29) is 22.6 Å². The van der Waals surface area contributed by atoms with Gasteiger partial charge in [-0.15, -0.1) is 0 Å². The summed E-state index contributed by atoms with van der Waals surface area (Å²) in [5.41, 5.74) is 0.744. The zero-order chi connectivity index (χ0) is 18.1. The average Bonchev–Trinajstić information content (AvgIpc) is 2.86. The van der Waals surface area contributed by atoms with Gasteiger partial charge in [0.15, 0.2) is 0 Å². The summed E-state index contributed by atoms with van der Waals surface area (Å²) >= 11 is 0. The van der Waals surface area contributed by atoms with Gasteiger partial charge in [-0.1, -0.05) is 0 Å². The Balaban J connectivity index is 2.07. The van der Waals surface area contributed by atoms with E-state index in [1.165, 1.54) is 0 Å². The Morgan fingerprint density at radius 3 is 2.20 bits per heavy atom. The van der Waals surface area contributed by atoms with Crippen LogP contribution in [0.25, 0.3) is 0 Å². The molecule has 1 fully saturated rings. The van der Waals surface area contributed by atoms with Crippen molar-refractivity contribution in [3.05, 3.63) is 60.2 Å². The first kappa shape index (κ1) is 16.8. The second-order valence-electron chi connectivity index (χ2n) is 8.83. The van der Waals surface area contributed by atoms with Gasteiger partial charge in [-0.3, -0.25) is 0 Å². The number of benzene rings is 2. The topological polar surface area (TPSA) is 38.3 Å². The van der Waals surface area contributed by atoms with Crippen LogP contribution in [0.1, 0.15) is 45.0 Å². The SMILES string of the molecule is CC(C)(C)C1OP2(c3ccccc3)(NC(=O)c3ccccc32)C1(C)C. The Morgan fingerprint density at radius 2 is 1.60 bits per heavy atom. The fourth-order valence-corrected chi connectivity index (χ4v) is 11.7. The second-order valence-corrected chi connectivity index (χ2v) is 13.5. The van der Waals surface area contributed by atoms with Crippen LogP contribution in [0.2, 0.25) is 0 Å². The summed E-state index contributed by atoms with van der Waals surface area (Å²) in [6, 6.07) is 18.2. The monoisotopic (exact) mass is 355 g/mol. The van der Waals surface area contributed by atoms with Gasteiger partial charge in [0.05, 0.1) is 0 Å². The van der Waals surface area contributed by atoms with E-state index < -0.39 is 6.98 Å². The molecule has 2 aromatic rings. The molecule has 1 saturated heterocycles. The van der Waals surface area contributed by atoms with Crippen molar-refractivity contribution in [1.82, 2.24) is 5.09 Å². The third kappa shape index (κ3) is 1.71. The first-order chi connectivity index (χ1) is 11.6. The predicted octanol–water partition coefficient (Wildman–Crippen LogP) is 3.99. The first-order valence-electron chi connectivity index (χ1n) is 8.83. The van der Waals surface area contributed by atoms with Crippen LogP contribution in [0.15, 0.2) is 54.6 Å². The van der Waals surface area contributed by atoms with Gasteiger partial charge in [-0.05, 0) is 0 Å². The molecule has 0 aliphatic carbocycles. The molecule has 0 bridgehead atoms. The van der Waals surface area contributed by atoms with Crippen molar-refractivity contribution < 1.29 is 9.32 Å². The van der Waals surface area contributed by atoms with Crippen molar-refractivity contribution in [1.29, 1.82) is 0 Å². The molecule has 1 N–H and O–H groups in total. The molecule has 25 heavy (non-hydrogen) atoms. The van der Waals surface area contributed by atoms with Crippen LogP contribution in [0.4, 0.5) is 0 Å². The molecule has 2 aliphatic heterocycles. The number of carbonyl (C=O) groups is 1. The van der Waals surface area contributed by atoms with Crippen LogP contribution in [-0.4, -0.2) is 17.2 Å². The van der Waals surface area contributed by atoms with Gasteiger partial charge in [-0.25, -0.2) is 0 Å². The van der Waals surface area contributed by atoms with E-state index in [0.29, 0.717) is 0 Å². The summed E-state index contributed by atoms with van der Waals surface area (Å²) in [6.45, 7) is 7.86. The van der Waals surface area contributed by atoms with E-state index in [1.807, 2.05) is 36.4 Å². The predicted molar refractivity (Wildman–Crippen MR) is 105 cm³/mol. The third-order valence-corrected chi connectivity index (χ3v) is 12.3. The summed E-state index contributed by atoms with van der Waals surface area (Å²) < 4.78 is 6.94. The van der Waals surface area contributed by atoms with Gasteiger partial charge in [0.2, 0.25) is 0 Å². The number of rotatable bonds is 1. The standard InChI is InChI=1S/C21H26NO2P/c1-20(2,3)19-21(4,5)25(24-19,15-11-7-6-8-12-15)17-14-10-9-13-16(17)18(23)22-25/h6-14,19H,1-5H3,(H,22,23). The van der Waals surface area contributed by atoms with Crippen LogP contribution in [0.3, 0.4) is 0 Å². The fourth-order valence-electron chi connectivity index (χ4n) is 5.07.